The minimum atomic E-state index is -4.26. The van der Waals surface area contributed by atoms with E-state index in [9.17, 15) is 23.3 Å². The number of carbonyl (C=O) groups excluding carboxylic acids is 1. The molecule has 0 saturated heterocycles. The highest BCUT2D eigenvalue weighted by Crippen LogP contribution is 2.30. The van der Waals surface area contributed by atoms with Gasteiger partial charge in [-0.05, 0) is 54.1 Å². The Labute approximate surface area is 197 Å². The second-order valence-corrected chi connectivity index (χ2v) is 8.87. The number of nitro benzene ring substituents is 1. The Hall–Kier alpha value is -3.77. The van der Waals surface area contributed by atoms with Crippen LogP contribution in [0.4, 0.5) is 5.69 Å². The Morgan fingerprint density at radius 1 is 1.09 bits per heavy atom. The van der Waals surface area contributed by atoms with Crippen molar-refractivity contribution < 1.29 is 27.1 Å². The molecule has 10 nitrogen and oxygen atoms in total. The molecule has 0 aromatic heterocycles. The van der Waals surface area contributed by atoms with Gasteiger partial charge in [-0.15, -0.1) is 0 Å². The Morgan fingerprint density at radius 3 is 2.45 bits per heavy atom. The molecular weight excluding hydrogens is 518 g/mol. The lowest BCUT2D eigenvalue weighted by Crippen LogP contribution is -2.17. The minimum Gasteiger partial charge on any atom is -0.493 e. The van der Waals surface area contributed by atoms with Crippen LogP contribution in [0.15, 0.2) is 81.2 Å². The first kappa shape index (κ1) is 23.9. The van der Waals surface area contributed by atoms with E-state index in [0.717, 1.165) is 28.7 Å². The fourth-order valence-corrected chi connectivity index (χ4v) is 3.93. The third kappa shape index (κ3) is 6.14. The van der Waals surface area contributed by atoms with E-state index in [0.29, 0.717) is 11.1 Å². The molecule has 0 saturated carbocycles. The van der Waals surface area contributed by atoms with Gasteiger partial charge in [0.25, 0.3) is 11.6 Å². The molecule has 0 atom stereocenters. The van der Waals surface area contributed by atoms with Crippen molar-refractivity contribution in [3.8, 4) is 11.5 Å². The molecule has 0 heterocycles. The molecular formula is C21H16BrN3O7S. The van der Waals surface area contributed by atoms with Gasteiger partial charge in [-0.2, -0.15) is 13.5 Å². The number of rotatable bonds is 8. The van der Waals surface area contributed by atoms with E-state index in [4.69, 9.17) is 8.92 Å². The number of nitrogens with one attached hydrogen (secondary N) is 1. The van der Waals surface area contributed by atoms with Crippen LogP contribution in [0.1, 0.15) is 15.9 Å². The number of hydrogen-bond donors (Lipinski definition) is 1. The van der Waals surface area contributed by atoms with Crippen LogP contribution in [0.3, 0.4) is 0 Å². The molecule has 0 bridgehead atoms. The third-order valence-corrected chi connectivity index (χ3v) is 5.93. The van der Waals surface area contributed by atoms with Crippen molar-refractivity contribution in [2.45, 2.75) is 4.90 Å². The van der Waals surface area contributed by atoms with Crippen LogP contribution in [0.25, 0.3) is 0 Å². The van der Waals surface area contributed by atoms with Crippen LogP contribution in [0.2, 0.25) is 0 Å². The normalized spacial score (nSPS) is 11.2. The molecule has 3 aromatic rings. The monoisotopic (exact) mass is 533 g/mol. The van der Waals surface area contributed by atoms with Crippen LogP contribution < -0.4 is 14.3 Å². The van der Waals surface area contributed by atoms with E-state index in [1.54, 1.807) is 24.3 Å². The molecule has 170 valence electrons. The largest absolute Gasteiger partial charge is 0.493 e. The SMILES string of the molecule is COc1cc(/C=N\NC(=O)c2cccc(Br)c2)ccc1OS(=O)(=O)c1ccc([N+](=O)[O-])cc1. The predicted molar refractivity (Wildman–Crippen MR) is 123 cm³/mol. The highest BCUT2D eigenvalue weighted by atomic mass is 79.9. The second-order valence-electron chi connectivity index (χ2n) is 6.41. The summed E-state index contributed by atoms with van der Waals surface area (Å²) in [7, 11) is -2.93. The average Bonchev–Trinajstić information content (AvgIpc) is 2.79. The van der Waals surface area contributed by atoms with E-state index >= 15 is 0 Å². The Balaban J connectivity index is 1.73. The van der Waals surface area contributed by atoms with Gasteiger partial charge in [-0.3, -0.25) is 14.9 Å². The molecule has 12 heteroatoms. The zero-order chi connectivity index (χ0) is 24.0. The first-order chi connectivity index (χ1) is 15.7. The maximum Gasteiger partial charge on any atom is 0.339 e. The molecule has 0 aliphatic heterocycles. The molecule has 3 rings (SSSR count). The summed E-state index contributed by atoms with van der Waals surface area (Å²) in [5.74, 6) is -0.400. The van der Waals surface area contributed by atoms with Crippen LogP contribution in [0, 0.1) is 10.1 Å². The summed E-state index contributed by atoms with van der Waals surface area (Å²) in [6.07, 6.45) is 1.35. The lowest BCUT2D eigenvalue weighted by molar-refractivity contribution is -0.384. The van der Waals surface area contributed by atoms with Crippen LogP contribution in [-0.2, 0) is 10.1 Å². The number of nitro groups is 1. The van der Waals surface area contributed by atoms with Crippen molar-refractivity contribution in [2.75, 3.05) is 7.11 Å². The number of nitrogens with zero attached hydrogens (tertiary/aromatic N) is 2. The summed E-state index contributed by atoms with van der Waals surface area (Å²) < 4.78 is 36.1. The zero-order valence-corrected chi connectivity index (χ0v) is 19.4. The zero-order valence-electron chi connectivity index (χ0n) is 17.0. The van der Waals surface area contributed by atoms with Crippen molar-refractivity contribution >= 4 is 43.9 Å². The quantitative estimate of drug-likeness (QED) is 0.200. The maximum absolute atomic E-state index is 12.5. The fraction of sp³-hybridized carbons (Fsp3) is 0.0476. The van der Waals surface area contributed by atoms with Crippen molar-refractivity contribution in [3.63, 3.8) is 0 Å². The highest BCUT2D eigenvalue weighted by molar-refractivity contribution is 9.10. The number of benzene rings is 3. The molecule has 0 aliphatic carbocycles. The number of hydrogen-bond acceptors (Lipinski definition) is 8. The van der Waals surface area contributed by atoms with E-state index in [-0.39, 0.29) is 22.1 Å². The lowest BCUT2D eigenvalue weighted by atomic mass is 10.2. The smallest absolute Gasteiger partial charge is 0.339 e. The van der Waals surface area contributed by atoms with Crippen molar-refractivity contribution in [1.29, 1.82) is 0 Å². The van der Waals surface area contributed by atoms with E-state index in [2.05, 4.69) is 26.5 Å². The number of amides is 1. The van der Waals surface area contributed by atoms with Crippen molar-refractivity contribution in [1.82, 2.24) is 5.43 Å². The molecule has 0 fully saturated rings. The van der Waals surface area contributed by atoms with Gasteiger partial charge in [0, 0.05) is 22.2 Å². The Bertz CT molecular complexity index is 1330. The van der Waals surface area contributed by atoms with Gasteiger partial charge < -0.3 is 8.92 Å². The van der Waals surface area contributed by atoms with Gasteiger partial charge in [0.1, 0.15) is 4.90 Å². The Kier molecular flexibility index (Phi) is 7.41. The third-order valence-electron chi connectivity index (χ3n) is 4.19. The van der Waals surface area contributed by atoms with Gasteiger partial charge >= 0.3 is 10.1 Å². The van der Waals surface area contributed by atoms with Gasteiger partial charge in [0.2, 0.25) is 0 Å². The topological polar surface area (TPSA) is 137 Å². The maximum atomic E-state index is 12.5. The average molecular weight is 534 g/mol. The molecule has 0 unspecified atom stereocenters. The van der Waals surface area contributed by atoms with Crippen LogP contribution in [-0.4, -0.2) is 32.6 Å². The molecule has 1 amide bonds. The number of ether oxygens (including phenoxy) is 1. The minimum absolute atomic E-state index is 0.0915. The molecule has 0 aliphatic rings. The number of non-ortho nitro benzene ring substituents is 1. The first-order valence-electron chi connectivity index (χ1n) is 9.15. The van der Waals surface area contributed by atoms with Gasteiger partial charge in [-0.1, -0.05) is 22.0 Å². The Morgan fingerprint density at radius 2 is 1.82 bits per heavy atom. The molecule has 3 aromatic carbocycles. The number of halogens is 1. The predicted octanol–water partition coefficient (Wildman–Crippen LogP) is 3.90. The summed E-state index contributed by atoms with van der Waals surface area (Å²) in [6, 6.07) is 15.4. The molecule has 1 N–H and O–H groups in total. The summed E-state index contributed by atoms with van der Waals surface area (Å²) in [5, 5.41) is 14.6. The van der Waals surface area contributed by atoms with Gasteiger partial charge in [0.15, 0.2) is 11.5 Å². The summed E-state index contributed by atoms with van der Waals surface area (Å²) in [6.45, 7) is 0. The van der Waals surface area contributed by atoms with Crippen molar-refractivity contribution in [2.24, 2.45) is 5.10 Å². The molecule has 0 radical (unpaired) electrons. The van der Waals surface area contributed by atoms with Gasteiger partial charge in [0.05, 0.1) is 18.2 Å². The standard InChI is InChI=1S/C21H16BrN3O7S/c1-31-20-11-14(13-23-24-21(26)15-3-2-4-16(22)12-15)5-10-19(20)32-33(29,30)18-8-6-17(7-9-18)25(27)28/h2-13H,1H3,(H,24,26)/b23-13-. The van der Waals surface area contributed by atoms with Crippen LogP contribution >= 0.6 is 15.9 Å². The van der Waals surface area contributed by atoms with E-state index in [1.165, 1.54) is 31.5 Å². The number of methoxy groups -OCH3 is 1. The summed E-state index contributed by atoms with van der Waals surface area (Å²) in [5.41, 5.74) is 3.06. The van der Waals surface area contributed by atoms with Crippen molar-refractivity contribution in [3.05, 3.63) is 92.4 Å². The summed E-state index contributed by atoms with van der Waals surface area (Å²) in [4.78, 5) is 22.0. The molecule has 33 heavy (non-hydrogen) atoms. The first-order valence-corrected chi connectivity index (χ1v) is 11.4. The van der Waals surface area contributed by atoms with E-state index < -0.39 is 20.9 Å². The number of carbonyl (C=O) groups is 1. The van der Waals surface area contributed by atoms with Crippen LogP contribution in [0.5, 0.6) is 11.5 Å². The fourth-order valence-electron chi connectivity index (χ4n) is 2.59. The number of hydrazone groups is 1. The van der Waals surface area contributed by atoms with Gasteiger partial charge in [-0.25, -0.2) is 5.43 Å². The molecule has 0 spiro atoms. The highest BCUT2D eigenvalue weighted by Gasteiger charge is 2.20. The second kappa shape index (κ2) is 10.2. The summed E-state index contributed by atoms with van der Waals surface area (Å²) >= 11 is 3.29. The van der Waals surface area contributed by atoms with E-state index in [1.807, 2.05) is 0 Å². The lowest BCUT2D eigenvalue weighted by Gasteiger charge is -2.11.